The lowest BCUT2D eigenvalue weighted by Crippen LogP contribution is -2.38. The van der Waals surface area contributed by atoms with E-state index in [1.807, 2.05) is 24.3 Å². The van der Waals surface area contributed by atoms with Crippen LogP contribution in [0.5, 0.6) is 5.75 Å². The number of carbonyl (C=O) groups is 2. The van der Waals surface area contributed by atoms with Crippen molar-refractivity contribution in [3.63, 3.8) is 0 Å². The maximum absolute atomic E-state index is 12.3. The van der Waals surface area contributed by atoms with Crippen molar-refractivity contribution in [2.75, 3.05) is 44.7 Å². The minimum absolute atomic E-state index is 0.0385. The summed E-state index contributed by atoms with van der Waals surface area (Å²) < 4.78 is 5.32. The van der Waals surface area contributed by atoms with Crippen LogP contribution in [0.1, 0.15) is 20.3 Å². The molecular formula is C18H27N3O3. The summed E-state index contributed by atoms with van der Waals surface area (Å²) in [6.45, 7) is 7.98. The molecule has 1 fully saturated rings. The summed E-state index contributed by atoms with van der Waals surface area (Å²) in [6, 6.07) is 7.39. The molecule has 2 amide bonds. The highest BCUT2D eigenvalue weighted by atomic mass is 16.5. The number of para-hydroxylation sites is 2. The number of ether oxygens (including phenoxy) is 1. The van der Waals surface area contributed by atoms with Crippen LogP contribution in [0.3, 0.4) is 0 Å². The van der Waals surface area contributed by atoms with Crippen LogP contribution in [0.15, 0.2) is 24.3 Å². The standard InChI is InChI=1S/C18H27N3O3/c1-4-20(5-2)11-10-19-18(23)14-12-17(22)21(13-14)15-8-6-7-9-16(15)24-3/h6-9,14H,4-5,10-13H2,1-3H3,(H,19,23)/t14-/m0/s1. The Labute approximate surface area is 143 Å². The lowest BCUT2D eigenvalue weighted by molar-refractivity contribution is -0.126. The van der Waals surface area contributed by atoms with Gasteiger partial charge < -0.3 is 19.9 Å². The predicted molar refractivity (Wildman–Crippen MR) is 94.3 cm³/mol. The molecule has 1 aliphatic rings. The number of nitrogens with zero attached hydrogens (tertiary/aromatic N) is 2. The predicted octanol–water partition coefficient (Wildman–Crippen LogP) is 1.51. The highest BCUT2D eigenvalue weighted by Crippen LogP contribution is 2.32. The normalized spacial score (nSPS) is 17.4. The van der Waals surface area contributed by atoms with Gasteiger partial charge in [-0.1, -0.05) is 26.0 Å². The largest absolute Gasteiger partial charge is 0.495 e. The Morgan fingerprint density at radius 3 is 2.71 bits per heavy atom. The number of anilines is 1. The minimum Gasteiger partial charge on any atom is -0.495 e. The highest BCUT2D eigenvalue weighted by Gasteiger charge is 2.36. The molecule has 0 aromatic heterocycles. The fourth-order valence-corrected chi connectivity index (χ4v) is 2.99. The number of amides is 2. The lowest BCUT2D eigenvalue weighted by atomic mass is 10.1. The summed E-state index contributed by atoms with van der Waals surface area (Å²) in [5.74, 6) is 0.254. The van der Waals surface area contributed by atoms with E-state index < -0.39 is 0 Å². The van der Waals surface area contributed by atoms with Crippen molar-refractivity contribution >= 4 is 17.5 Å². The molecule has 1 aromatic carbocycles. The summed E-state index contributed by atoms with van der Waals surface area (Å²) >= 11 is 0. The van der Waals surface area contributed by atoms with Crippen LogP contribution in [0.4, 0.5) is 5.69 Å². The van der Waals surface area contributed by atoms with Crippen LogP contribution in [0.2, 0.25) is 0 Å². The summed E-state index contributed by atoms with van der Waals surface area (Å²) in [7, 11) is 1.58. The molecule has 24 heavy (non-hydrogen) atoms. The third-order valence-corrected chi connectivity index (χ3v) is 4.49. The fourth-order valence-electron chi connectivity index (χ4n) is 2.99. The monoisotopic (exact) mass is 333 g/mol. The lowest BCUT2D eigenvalue weighted by Gasteiger charge is -2.20. The van der Waals surface area contributed by atoms with E-state index in [0.717, 1.165) is 25.3 Å². The SMILES string of the molecule is CCN(CC)CCNC(=O)[C@H]1CC(=O)N(c2ccccc2OC)C1. The number of nitrogens with one attached hydrogen (secondary N) is 1. The molecule has 1 aliphatic heterocycles. The topological polar surface area (TPSA) is 61.9 Å². The van der Waals surface area contributed by atoms with Crippen molar-refractivity contribution < 1.29 is 14.3 Å². The van der Waals surface area contributed by atoms with Gasteiger partial charge in [0.15, 0.2) is 0 Å². The number of rotatable bonds is 8. The van der Waals surface area contributed by atoms with Crippen LogP contribution in [0.25, 0.3) is 0 Å². The summed E-state index contributed by atoms with van der Waals surface area (Å²) in [5.41, 5.74) is 0.725. The number of hydrogen-bond acceptors (Lipinski definition) is 4. The molecule has 1 atom stereocenters. The molecule has 0 bridgehead atoms. The maximum Gasteiger partial charge on any atom is 0.227 e. The average molecular weight is 333 g/mol. The fraction of sp³-hybridized carbons (Fsp3) is 0.556. The quantitative estimate of drug-likeness (QED) is 0.783. The average Bonchev–Trinajstić information content (AvgIpc) is 3.00. The number of likely N-dealkylation sites (N-methyl/N-ethyl adjacent to an activating group) is 1. The molecule has 0 aliphatic carbocycles. The summed E-state index contributed by atoms with van der Waals surface area (Å²) in [6.07, 6.45) is 0.245. The Kier molecular flexibility index (Phi) is 6.61. The van der Waals surface area contributed by atoms with Gasteiger partial charge in [-0.05, 0) is 25.2 Å². The van der Waals surface area contributed by atoms with E-state index in [0.29, 0.717) is 18.8 Å². The van der Waals surface area contributed by atoms with Gasteiger partial charge in [0.25, 0.3) is 0 Å². The van der Waals surface area contributed by atoms with E-state index in [1.165, 1.54) is 0 Å². The van der Waals surface area contributed by atoms with Crippen molar-refractivity contribution in [3.8, 4) is 5.75 Å². The number of carbonyl (C=O) groups excluding carboxylic acids is 2. The van der Waals surface area contributed by atoms with Gasteiger partial charge in [0.1, 0.15) is 5.75 Å². The zero-order chi connectivity index (χ0) is 17.5. The van der Waals surface area contributed by atoms with E-state index in [-0.39, 0.29) is 24.2 Å². The van der Waals surface area contributed by atoms with E-state index >= 15 is 0 Å². The van der Waals surface area contributed by atoms with Crippen molar-refractivity contribution in [3.05, 3.63) is 24.3 Å². The molecule has 1 heterocycles. The first-order valence-electron chi connectivity index (χ1n) is 8.54. The molecule has 0 unspecified atom stereocenters. The summed E-state index contributed by atoms with van der Waals surface area (Å²) in [4.78, 5) is 28.6. The third kappa shape index (κ3) is 4.26. The Hall–Kier alpha value is -2.08. The minimum atomic E-state index is -0.306. The Balaban J connectivity index is 1.93. The van der Waals surface area contributed by atoms with E-state index in [1.54, 1.807) is 12.0 Å². The van der Waals surface area contributed by atoms with Crippen molar-refractivity contribution in [2.45, 2.75) is 20.3 Å². The number of benzene rings is 1. The highest BCUT2D eigenvalue weighted by molar-refractivity contribution is 6.01. The van der Waals surface area contributed by atoms with Gasteiger partial charge in [-0.3, -0.25) is 9.59 Å². The van der Waals surface area contributed by atoms with Crippen LogP contribution < -0.4 is 15.0 Å². The molecule has 1 saturated heterocycles. The zero-order valence-electron chi connectivity index (χ0n) is 14.7. The molecule has 1 aromatic rings. The number of hydrogen-bond donors (Lipinski definition) is 1. The molecule has 0 spiro atoms. The van der Waals surface area contributed by atoms with E-state index in [9.17, 15) is 9.59 Å². The van der Waals surface area contributed by atoms with Gasteiger partial charge in [0, 0.05) is 26.1 Å². The molecule has 1 N–H and O–H groups in total. The Bertz CT molecular complexity index is 572. The van der Waals surface area contributed by atoms with Gasteiger partial charge in [0.05, 0.1) is 18.7 Å². The number of methoxy groups -OCH3 is 1. The first-order chi connectivity index (χ1) is 11.6. The van der Waals surface area contributed by atoms with Crippen molar-refractivity contribution in [2.24, 2.45) is 5.92 Å². The van der Waals surface area contributed by atoms with Crippen LogP contribution >= 0.6 is 0 Å². The van der Waals surface area contributed by atoms with Gasteiger partial charge in [0.2, 0.25) is 11.8 Å². The maximum atomic E-state index is 12.3. The molecule has 2 rings (SSSR count). The smallest absolute Gasteiger partial charge is 0.227 e. The van der Waals surface area contributed by atoms with Gasteiger partial charge in [-0.25, -0.2) is 0 Å². The van der Waals surface area contributed by atoms with Crippen molar-refractivity contribution in [1.82, 2.24) is 10.2 Å². The van der Waals surface area contributed by atoms with Crippen LogP contribution in [-0.2, 0) is 9.59 Å². The van der Waals surface area contributed by atoms with Gasteiger partial charge in [-0.15, -0.1) is 0 Å². The molecule has 0 radical (unpaired) electrons. The molecule has 0 saturated carbocycles. The Morgan fingerprint density at radius 1 is 1.33 bits per heavy atom. The van der Waals surface area contributed by atoms with E-state index in [4.69, 9.17) is 4.74 Å². The second-order valence-corrected chi connectivity index (χ2v) is 5.90. The van der Waals surface area contributed by atoms with Crippen LogP contribution in [0, 0.1) is 5.92 Å². The van der Waals surface area contributed by atoms with Crippen LogP contribution in [-0.4, -0.2) is 56.5 Å². The van der Waals surface area contributed by atoms with E-state index in [2.05, 4.69) is 24.1 Å². The first kappa shape index (κ1) is 18.3. The molecule has 6 nitrogen and oxygen atoms in total. The zero-order valence-corrected chi connectivity index (χ0v) is 14.7. The molecule has 6 heteroatoms. The second-order valence-electron chi connectivity index (χ2n) is 5.90. The van der Waals surface area contributed by atoms with Gasteiger partial charge in [-0.2, -0.15) is 0 Å². The second kappa shape index (κ2) is 8.68. The first-order valence-corrected chi connectivity index (χ1v) is 8.54. The third-order valence-electron chi connectivity index (χ3n) is 4.49. The van der Waals surface area contributed by atoms with Crippen molar-refractivity contribution in [1.29, 1.82) is 0 Å². The Morgan fingerprint density at radius 2 is 2.04 bits per heavy atom. The molecular weight excluding hydrogens is 306 g/mol. The van der Waals surface area contributed by atoms with Gasteiger partial charge >= 0.3 is 0 Å². The molecule has 132 valence electrons. The summed E-state index contributed by atoms with van der Waals surface area (Å²) in [5, 5.41) is 2.95.